The maximum Gasteiger partial charge on any atom is 0.291 e. The van der Waals surface area contributed by atoms with Crippen molar-refractivity contribution in [2.45, 2.75) is 0 Å². The van der Waals surface area contributed by atoms with Crippen LogP contribution in [0.2, 0.25) is 10.3 Å². The van der Waals surface area contributed by atoms with Crippen molar-refractivity contribution < 1.29 is 4.79 Å². The molecule has 16 heavy (non-hydrogen) atoms. The second-order valence-corrected chi connectivity index (χ2v) is 3.75. The highest BCUT2D eigenvalue weighted by atomic mass is 35.5. The van der Waals surface area contributed by atoms with Gasteiger partial charge in [-0.05, 0) is 12.1 Å². The Hall–Kier alpha value is -1.52. The highest BCUT2D eigenvalue weighted by molar-refractivity contribution is 6.40. The van der Waals surface area contributed by atoms with Crippen LogP contribution in [0.4, 0.5) is 5.69 Å². The van der Waals surface area contributed by atoms with Crippen molar-refractivity contribution in [3.05, 3.63) is 46.5 Å². The summed E-state index contributed by atoms with van der Waals surface area (Å²) in [5.74, 6) is -0.307. The Morgan fingerprint density at radius 3 is 2.50 bits per heavy atom. The number of carbonyl (C=O) groups excluding carboxylic acids is 1. The van der Waals surface area contributed by atoms with Crippen LogP contribution in [-0.4, -0.2) is 15.9 Å². The number of nitrogens with one attached hydrogen (secondary N) is 2. The number of halogens is 2. The van der Waals surface area contributed by atoms with Gasteiger partial charge in [-0.1, -0.05) is 41.4 Å². The van der Waals surface area contributed by atoms with E-state index in [9.17, 15) is 4.79 Å². The van der Waals surface area contributed by atoms with Crippen LogP contribution in [0.5, 0.6) is 0 Å². The third kappa shape index (κ3) is 2.35. The van der Waals surface area contributed by atoms with Crippen LogP contribution in [0.15, 0.2) is 30.3 Å². The quantitative estimate of drug-likeness (QED) is 0.867. The van der Waals surface area contributed by atoms with Crippen molar-refractivity contribution in [3.63, 3.8) is 0 Å². The first kappa shape index (κ1) is 11.0. The van der Waals surface area contributed by atoms with E-state index in [4.69, 9.17) is 23.2 Å². The summed E-state index contributed by atoms with van der Waals surface area (Å²) in [5, 5.41) is 2.88. The molecule has 6 heteroatoms. The Kier molecular flexibility index (Phi) is 3.12. The van der Waals surface area contributed by atoms with Crippen molar-refractivity contribution in [2.24, 2.45) is 0 Å². The molecule has 1 heterocycles. The summed E-state index contributed by atoms with van der Waals surface area (Å²) in [6, 6.07) is 9.03. The minimum atomic E-state index is -0.389. The molecule has 1 amide bonds. The van der Waals surface area contributed by atoms with Crippen LogP contribution in [0.25, 0.3) is 0 Å². The standard InChI is InChI=1S/C10H7Cl2N3O/c11-7-8(12)15-9(14-7)10(16)13-6-4-2-1-3-5-6/h1-5H,(H,13,16)(H,14,15). The third-order valence-electron chi connectivity index (χ3n) is 1.87. The number of aromatic amines is 1. The van der Waals surface area contributed by atoms with Crippen LogP contribution in [0.3, 0.4) is 0 Å². The van der Waals surface area contributed by atoms with Crippen molar-refractivity contribution in [1.29, 1.82) is 0 Å². The molecule has 0 spiro atoms. The minimum absolute atomic E-state index is 0.0823. The molecule has 1 aromatic carbocycles. The number of hydrogen-bond donors (Lipinski definition) is 2. The predicted molar refractivity (Wildman–Crippen MR) is 63.0 cm³/mol. The van der Waals surface area contributed by atoms with Crippen molar-refractivity contribution in [2.75, 3.05) is 5.32 Å². The average Bonchev–Trinajstić information content (AvgIpc) is 2.61. The molecule has 0 unspecified atom stereocenters. The Bertz CT molecular complexity index is 491. The van der Waals surface area contributed by atoms with E-state index in [0.29, 0.717) is 5.69 Å². The molecule has 0 bridgehead atoms. The van der Waals surface area contributed by atoms with Gasteiger partial charge in [-0.3, -0.25) is 4.79 Å². The molecule has 0 saturated carbocycles. The number of rotatable bonds is 2. The molecule has 0 radical (unpaired) electrons. The van der Waals surface area contributed by atoms with Gasteiger partial charge in [-0.2, -0.15) is 0 Å². The lowest BCUT2D eigenvalue weighted by Gasteiger charge is -2.01. The fraction of sp³-hybridized carbons (Fsp3) is 0. The van der Waals surface area contributed by atoms with Crippen molar-refractivity contribution in [3.8, 4) is 0 Å². The summed E-state index contributed by atoms with van der Waals surface area (Å²) in [6.07, 6.45) is 0. The number of carbonyl (C=O) groups is 1. The van der Waals surface area contributed by atoms with Gasteiger partial charge in [0, 0.05) is 5.69 Å². The van der Waals surface area contributed by atoms with Gasteiger partial charge in [0.25, 0.3) is 5.91 Å². The summed E-state index contributed by atoms with van der Waals surface area (Å²) in [7, 11) is 0. The number of para-hydroxylation sites is 1. The lowest BCUT2D eigenvalue weighted by molar-refractivity contribution is 0.101. The maximum absolute atomic E-state index is 11.7. The number of benzene rings is 1. The first-order valence-electron chi connectivity index (χ1n) is 4.44. The molecular formula is C10H7Cl2N3O. The average molecular weight is 256 g/mol. The van der Waals surface area contributed by atoms with Gasteiger partial charge in [-0.15, -0.1) is 0 Å². The smallest absolute Gasteiger partial charge is 0.291 e. The van der Waals surface area contributed by atoms with Gasteiger partial charge in [0.1, 0.15) is 5.15 Å². The van der Waals surface area contributed by atoms with Gasteiger partial charge in [-0.25, -0.2) is 4.98 Å². The van der Waals surface area contributed by atoms with E-state index in [1.807, 2.05) is 18.2 Å². The fourth-order valence-corrected chi connectivity index (χ4v) is 1.41. The topological polar surface area (TPSA) is 57.8 Å². The summed E-state index contributed by atoms with van der Waals surface area (Å²) in [6.45, 7) is 0. The number of amides is 1. The molecule has 4 nitrogen and oxygen atoms in total. The number of anilines is 1. The summed E-state index contributed by atoms with van der Waals surface area (Å²) in [4.78, 5) is 18.0. The second kappa shape index (κ2) is 4.55. The molecule has 1 aromatic heterocycles. The van der Waals surface area contributed by atoms with Gasteiger partial charge in [0.2, 0.25) is 0 Å². The zero-order valence-corrected chi connectivity index (χ0v) is 9.51. The number of aromatic nitrogens is 2. The SMILES string of the molecule is O=C(Nc1ccccc1)c1nc(Cl)c(Cl)[nH]1. The molecule has 2 N–H and O–H groups in total. The normalized spacial score (nSPS) is 10.1. The van der Waals surface area contributed by atoms with Crippen LogP contribution in [-0.2, 0) is 0 Å². The molecule has 0 saturated heterocycles. The lowest BCUT2D eigenvalue weighted by atomic mass is 10.3. The molecule has 0 aliphatic heterocycles. The highest BCUT2D eigenvalue weighted by Crippen LogP contribution is 2.18. The molecule has 2 rings (SSSR count). The monoisotopic (exact) mass is 255 g/mol. The molecule has 0 aliphatic carbocycles. The van der Waals surface area contributed by atoms with Gasteiger partial charge in [0.05, 0.1) is 0 Å². The van der Waals surface area contributed by atoms with Crippen molar-refractivity contribution >= 4 is 34.8 Å². The van der Waals surface area contributed by atoms with Gasteiger partial charge >= 0.3 is 0 Å². The van der Waals surface area contributed by atoms with E-state index in [0.717, 1.165) is 0 Å². The zero-order chi connectivity index (χ0) is 11.5. The van der Waals surface area contributed by atoms with Crippen LogP contribution in [0.1, 0.15) is 10.6 Å². The van der Waals surface area contributed by atoms with Gasteiger partial charge < -0.3 is 10.3 Å². The molecule has 2 aromatic rings. The Morgan fingerprint density at radius 1 is 1.25 bits per heavy atom. The number of H-pyrrole nitrogens is 1. The van der Waals surface area contributed by atoms with E-state index < -0.39 is 0 Å². The van der Waals surface area contributed by atoms with Crippen LogP contribution >= 0.6 is 23.2 Å². The van der Waals surface area contributed by atoms with Gasteiger partial charge in [0.15, 0.2) is 11.0 Å². The zero-order valence-electron chi connectivity index (χ0n) is 8.00. The van der Waals surface area contributed by atoms with Crippen molar-refractivity contribution in [1.82, 2.24) is 9.97 Å². The largest absolute Gasteiger partial charge is 0.324 e. The Morgan fingerprint density at radius 2 is 1.94 bits per heavy atom. The highest BCUT2D eigenvalue weighted by Gasteiger charge is 2.13. The number of imidazole rings is 1. The molecular weight excluding hydrogens is 249 g/mol. The maximum atomic E-state index is 11.7. The van der Waals surface area contributed by atoms with E-state index in [2.05, 4.69) is 15.3 Å². The number of nitrogens with zero attached hydrogens (tertiary/aromatic N) is 1. The summed E-state index contributed by atoms with van der Waals surface area (Å²) >= 11 is 11.3. The molecule has 0 fully saturated rings. The van der Waals surface area contributed by atoms with E-state index >= 15 is 0 Å². The number of hydrogen-bond acceptors (Lipinski definition) is 2. The van der Waals surface area contributed by atoms with Crippen LogP contribution in [0, 0.1) is 0 Å². The molecule has 0 aliphatic rings. The summed E-state index contributed by atoms with van der Waals surface area (Å²) < 4.78 is 0. The molecule has 82 valence electrons. The first-order chi connectivity index (χ1) is 7.66. The third-order valence-corrected chi connectivity index (χ3v) is 2.51. The summed E-state index contributed by atoms with van der Waals surface area (Å²) in [5.41, 5.74) is 0.677. The Balaban J connectivity index is 2.15. The Labute approximate surface area is 102 Å². The van der Waals surface area contributed by atoms with E-state index in [1.165, 1.54) is 0 Å². The van der Waals surface area contributed by atoms with E-state index in [-0.39, 0.29) is 22.0 Å². The predicted octanol–water partition coefficient (Wildman–Crippen LogP) is 2.97. The molecule has 0 atom stereocenters. The first-order valence-corrected chi connectivity index (χ1v) is 5.20. The van der Waals surface area contributed by atoms with E-state index in [1.54, 1.807) is 12.1 Å². The lowest BCUT2D eigenvalue weighted by Crippen LogP contribution is -2.13. The fourth-order valence-electron chi connectivity index (χ4n) is 1.15. The second-order valence-electron chi connectivity index (χ2n) is 3.01. The van der Waals surface area contributed by atoms with Crippen LogP contribution < -0.4 is 5.32 Å². The minimum Gasteiger partial charge on any atom is -0.324 e.